The Labute approximate surface area is 66.3 Å². The van der Waals surface area contributed by atoms with Crippen LogP contribution in [-0.2, 0) is 6.42 Å². The summed E-state index contributed by atoms with van der Waals surface area (Å²) in [6.07, 6.45) is 2.89. The van der Waals surface area contributed by atoms with Crippen molar-refractivity contribution in [3.8, 4) is 11.5 Å². The van der Waals surface area contributed by atoms with Crippen LogP contribution in [0.3, 0.4) is 0 Å². The highest BCUT2D eigenvalue weighted by molar-refractivity contribution is 5.68. The molecule has 0 N–H and O–H groups in total. The molecule has 0 unspecified atom stereocenters. The molecule has 1 aliphatic heterocycles. The van der Waals surface area contributed by atoms with Crippen molar-refractivity contribution in [2.75, 3.05) is 0 Å². The lowest BCUT2D eigenvalue weighted by molar-refractivity contribution is 0.644. The Kier molecular flexibility index (Phi) is 1.25. The molecule has 0 saturated carbocycles. The maximum atomic E-state index is 5.25. The summed E-state index contributed by atoms with van der Waals surface area (Å²) in [5.74, 6) is 2.11. The third-order valence-electron chi connectivity index (χ3n) is 2.00. The van der Waals surface area contributed by atoms with Crippen LogP contribution < -0.4 is 4.74 Å². The SMILES string of the molecule is C=Cc1ccc2c(c1CC)O2. The fourth-order valence-corrected chi connectivity index (χ4v) is 1.36. The second-order valence-electron chi connectivity index (χ2n) is 2.62. The van der Waals surface area contributed by atoms with Gasteiger partial charge in [0.25, 0.3) is 0 Å². The molecule has 1 aliphatic rings. The molecule has 11 heavy (non-hydrogen) atoms. The lowest BCUT2D eigenvalue weighted by Gasteiger charge is -1.96. The molecule has 0 aromatic heterocycles. The van der Waals surface area contributed by atoms with E-state index in [1.807, 2.05) is 12.1 Å². The highest BCUT2D eigenvalue weighted by Crippen LogP contribution is 2.49. The first-order valence-corrected chi connectivity index (χ1v) is 3.83. The molecule has 1 heterocycles. The molecule has 1 nitrogen and oxygen atoms in total. The Morgan fingerprint density at radius 1 is 1.55 bits per heavy atom. The number of ether oxygens (including phenoxy) is 1. The van der Waals surface area contributed by atoms with Crippen molar-refractivity contribution in [2.45, 2.75) is 13.3 Å². The normalized spacial score (nSPS) is 11.7. The minimum atomic E-state index is 1.02. The first kappa shape index (κ1) is 6.47. The minimum Gasteiger partial charge on any atom is -0.449 e. The van der Waals surface area contributed by atoms with E-state index in [0.717, 1.165) is 17.9 Å². The smallest absolute Gasteiger partial charge is 0.173 e. The fraction of sp³-hybridized carbons (Fsp3) is 0.200. The monoisotopic (exact) mass is 146 g/mol. The van der Waals surface area contributed by atoms with E-state index in [4.69, 9.17) is 4.74 Å². The van der Waals surface area contributed by atoms with Crippen LogP contribution in [0, 0.1) is 0 Å². The van der Waals surface area contributed by atoms with E-state index in [1.165, 1.54) is 11.1 Å². The molecule has 1 aromatic carbocycles. The van der Waals surface area contributed by atoms with Crippen molar-refractivity contribution in [1.82, 2.24) is 0 Å². The lowest BCUT2D eigenvalue weighted by atomic mass is 10.1. The van der Waals surface area contributed by atoms with Crippen molar-refractivity contribution in [3.05, 3.63) is 29.8 Å². The molecular formula is C10H10O. The van der Waals surface area contributed by atoms with Crippen LogP contribution in [-0.4, -0.2) is 0 Å². The quantitative estimate of drug-likeness (QED) is 0.593. The zero-order valence-electron chi connectivity index (χ0n) is 6.55. The predicted molar refractivity (Wildman–Crippen MR) is 46.0 cm³/mol. The molecule has 1 aromatic rings. The Morgan fingerprint density at radius 3 is 3.00 bits per heavy atom. The summed E-state index contributed by atoms with van der Waals surface area (Å²) in [4.78, 5) is 0. The summed E-state index contributed by atoms with van der Waals surface area (Å²) in [5, 5.41) is 0. The number of benzene rings is 1. The summed E-state index contributed by atoms with van der Waals surface area (Å²) < 4.78 is 5.25. The van der Waals surface area contributed by atoms with Gasteiger partial charge in [-0.1, -0.05) is 25.6 Å². The summed E-state index contributed by atoms with van der Waals surface area (Å²) >= 11 is 0. The predicted octanol–water partition coefficient (Wildman–Crippen LogP) is 3.00. The fourth-order valence-electron chi connectivity index (χ4n) is 1.36. The van der Waals surface area contributed by atoms with E-state index >= 15 is 0 Å². The van der Waals surface area contributed by atoms with Gasteiger partial charge >= 0.3 is 0 Å². The molecule has 0 atom stereocenters. The van der Waals surface area contributed by atoms with Crippen LogP contribution >= 0.6 is 0 Å². The molecule has 0 amide bonds. The van der Waals surface area contributed by atoms with Crippen LogP contribution in [0.5, 0.6) is 11.5 Å². The zero-order valence-corrected chi connectivity index (χ0v) is 6.55. The van der Waals surface area contributed by atoms with Gasteiger partial charge in [-0.25, -0.2) is 0 Å². The van der Waals surface area contributed by atoms with Crippen molar-refractivity contribution >= 4 is 6.08 Å². The van der Waals surface area contributed by atoms with Crippen LogP contribution in [0.4, 0.5) is 0 Å². The van der Waals surface area contributed by atoms with Crippen molar-refractivity contribution in [3.63, 3.8) is 0 Å². The number of fused-ring (bicyclic) bond motifs is 1. The molecule has 56 valence electrons. The van der Waals surface area contributed by atoms with E-state index in [1.54, 1.807) is 0 Å². The zero-order chi connectivity index (χ0) is 7.84. The van der Waals surface area contributed by atoms with Gasteiger partial charge in [0.05, 0.1) is 0 Å². The number of rotatable bonds is 2. The van der Waals surface area contributed by atoms with Crippen LogP contribution in [0.2, 0.25) is 0 Å². The number of hydrogen-bond acceptors (Lipinski definition) is 1. The average molecular weight is 146 g/mol. The molecule has 1 heteroatoms. The summed E-state index contributed by atoms with van der Waals surface area (Å²) in [7, 11) is 0. The van der Waals surface area contributed by atoms with Crippen molar-refractivity contribution in [2.24, 2.45) is 0 Å². The molecular weight excluding hydrogens is 136 g/mol. The summed E-state index contributed by atoms with van der Waals surface area (Å²) in [5.41, 5.74) is 2.49. The summed E-state index contributed by atoms with van der Waals surface area (Å²) in [6, 6.07) is 4.04. The third kappa shape index (κ3) is 0.845. The van der Waals surface area contributed by atoms with Crippen LogP contribution in [0.1, 0.15) is 18.1 Å². The maximum absolute atomic E-state index is 5.25. The highest BCUT2D eigenvalue weighted by atomic mass is 16.6. The topological polar surface area (TPSA) is 12.5 Å². The van der Waals surface area contributed by atoms with Crippen LogP contribution in [0.15, 0.2) is 18.7 Å². The Balaban J connectivity index is 2.57. The lowest BCUT2D eigenvalue weighted by Crippen LogP contribution is -1.80. The molecule has 0 spiro atoms. The summed E-state index contributed by atoms with van der Waals surface area (Å²) in [6.45, 7) is 5.88. The van der Waals surface area contributed by atoms with E-state index in [0.29, 0.717) is 0 Å². The van der Waals surface area contributed by atoms with Gasteiger partial charge in [0, 0.05) is 5.56 Å². The average Bonchev–Trinajstić information content (AvgIpc) is 2.80. The molecule has 0 radical (unpaired) electrons. The minimum absolute atomic E-state index is 1.02. The molecule has 2 rings (SSSR count). The van der Waals surface area contributed by atoms with E-state index in [9.17, 15) is 0 Å². The van der Waals surface area contributed by atoms with Crippen molar-refractivity contribution < 1.29 is 4.74 Å². The highest BCUT2D eigenvalue weighted by Gasteiger charge is 2.24. The second-order valence-corrected chi connectivity index (χ2v) is 2.62. The maximum Gasteiger partial charge on any atom is 0.173 e. The van der Waals surface area contributed by atoms with Gasteiger partial charge in [-0.2, -0.15) is 0 Å². The van der Waals surface area contributed by atoms with Gasteiger partial charge in [-0.3, -0.25) is 0 Å². The molecule has 0 aliphatic carbocycles. The van der Waals surface area contributed by atoms with Crippen LogP contribution in [0.25, 0.3) is 6.08 Å². The Hall–Kier alpha value is -1.24. The standard InChI is InChI=1S/C10H10O/c1-3-7-5-6-9-10(11-9)8(7)4-2/h3,5-6H,1,4H2,2H3. The first-order chi connectivity index (χ1) is 5.36. The first-order valence-electron chi connectivity index (χ1n) is 3.83. The van der Waals surface area contributed by atoms with E-state index in [2.05, 4.69) is 19.6 Å². The van der Waals surface area contributed by atoms with E-state index < -0.39 is 0 Å². The molecule has 0 fully saturated rings. The molecule has 0 bridgehead atoms. The largest absolute Gasteiger partial charge is 0.449 e. The van der Waals surface area contributed by atoms with Gasteiger partial charge < -0.3 is 4.74 Å². The number of hydrogen-bond donors (Lipinski definition) is 0. The Bertz CT molecular complexity index is 313. The van der Waals surface area contributed by atoms with Gasteiger partial charge in [0.15, 0.2) is 11.5 Å². The van der Waals surface area contributed by atoms with Gasteiger partial charge in [0.2, 0.25) is 0 Å². The Morgan fingerprint density at radius 2 is 2.36 bits per heavy atom. The molecule has 0 saturated heterocycles. The second kappa shape index (κ2) is 2.12. The van der Waals surface area contributed by atoms with Gasteiger partial charge in [0.1, 0.15) is 0 Å². The van der Waals surface area contributed by atoms with Crippen molar-refractivity contribution in [1.29, 1.82) is 0 Å². The van der Waals surface area contributed by atoms with Gasteiger partial charge in [-0.15, -0.1) is 0 Å². The van der Waals surface area contributed by atoms with E-state index in [-0.39, 0.29) is 0 Å². The van der Waals surface area contributed by atoms with Gasteiger partial charge in [-0.05, 0) is 18.1 Å². The third-order valence-corrected chi connectivity index (χ3v) is 2.00.